The summed E-state index contributed by atoms with van der Waals surface area (Å²) in [6, 6.07) is 9.03. The van der Waals surface area contributed by atoms with E-state index in [2.05, 4.69) is 46.7 Å². The molecular formula is C14H18N4. The zero-order valence-electron chi connectivity index (χ0n) is 10.8. The average Bonchev–Trinajstić information content (AvgIpc) is 2.74. The predicted molar refractivity (Wildman–Crippen MR) is 72.2 cm³/mol. The fourth-order valence-corrected chi connectivity index (χ4v) is 2.55. The third-order valence-electron chi connectivity index (χ3n) is 3.58. The molecular weight excluding hydrogens is 224 g/mol. The first-order valence-electron chi connectivity index (χ1n) is 6.43. The first-order valence-corrected chi connectivity index (χ1v) is 6.43. The van der Waals surface area contributed by atoms with Crippen LogP contribution in [-0.4, -0.2) is 20.8 Å². The van der Waals surface area contributed by atoms with Crippen molar-refractivity contribution in [1.29, 1.82) is 0 Å². The predicted octanol–water partition coefficient (Wildman–Crippen LogP) is 2.69. The molecule has 0 unspecified atom stereocenters. The Morgan fingerprint density at radius 3 is 2.83 bits per heavy atom. The number of aromatic nitrogens is 3. The number of aryl methyl sites for hydroxylation is 1. The van der Waals surface area contributed by atoms with Crippen molar-refractivity contribution >= 4 is 5.69 Å². The molecule has 4 heteroatoms. The Kier molecular flexibility index (Phi) is 2.78. The molecule has 3 rings (SSSR count). The summed E-state index contributed by atoms with van der Waals surface area (Å²) in [7, 11) is 1.96. The first kappa shape index (κ1) is 11.3. The van der Waals surface area contributed by atoms with E-state index in [1.54, 1.807) is 6.33 Å². The van der Waals surface area contributed by atoms with Gasteiger partial charge in [-0.3, -0.25) is 0 Å². The van der Waals surface area contributed by atoms with Crippen LogP contribution in [0.15, 0.2) is 30.6 Å². The number of rotatable bonds is 3. The molecule has 0 spiro atoms. The number of hydrogen-bond acceptors (Lipinski definition) is 3. The van der Waals surface area contributed by atoms with Gasteiger partial charge in [0.25, 0.3) is 0 Å². The van der Waals surface area contributed by atoms with Crippen molar-refractivity contribution in [1.82, 2.24) is 14.8 Å². The second kappa shape index (κ2) is 4.44. The molecule has 1 aliphatic rings. The van der Waals surface area contributed by atoms with Crippen LogP contribution < -0.4 is 5.32 Å². The summed E-state index contributed by atoms with van der Waals surface area (Å²) in [4.78, 5) is 0. The average molecular weight is 242 g/mol. The van der Waals surface area contributed by atoms with Crippen LogP contribution in [0.25, 0.3) is 11.4 Å². The van der Waals surface area contributed by atoms with Gasteiger partial charge in [0.2, 0.25) is 0 Å². The van der Waals surface area contributed by atoms with E-state index in [-0.39, 0.29) is 0 Å². The van der Waals surface area contributed by atoms with E-state index >= 15 is 0 Å². The number of nitrogens with zero attached hydrogens (tertiary/aromatic N) is 3. The van der Waals surface area contributed by atoms with E-state index in [0.717, 1.165) is 17.3 Å². The van der Waals surface area contributed by atoms with E-state index in [9.17, 15) is 0 Å². The Morgan fingerprint density at radius 1 is 1.33 bits per heavy atom. The minimum Gasteiger partial charge on any atom is -0.382 e. The lowest BCUT2D eigenvalue weighted by Gasteiger charge is -2.34. The molecule has 1 aromatic heterocycles. The van der Waals surface area contributed by atoms with Gasteiger partial charge < -0.3 is 9.88 Å². The molecule has 18 heavy (non-hydrogen) atoms. The maximum absolute atomic E-state index is 4.14. The summed E-state index contributed by atoms with van der Waals surface area (Å²) in [5.74, 6) is 1.77. The first-order chi connectivity index (χ1) is 8.72. The van der Waals surface area contributed by atoms with Crippen molar-refractivity contribution < 1.29 is 0 Å². The van der Waals surface area contributed by atoms with Crippen LogP contribution in [-0.2, 0) is 7.05 Å². The molecule has 1 saturated carbocycles. The summed E-state index contributed by atoms with van der Waals surface area (Å²) in [6.07, 6.45) is 4.27. The van der Waals surface area contributed by atoms with Gasteiger partial charge >= 0.3 is 0 Å². The number of anilines is 1. The minimum atomic E-state index is 0.634. The van der Waals surface area contributed by atoms with Gasteiger partial charge in [-0.1, -0.05) is 19.1 Å². The highest BCUT2D eigenvalue weighted by Crippen LogP contribution is 2.30. The lowest BCUT2D eigenvalue weighted by molar-refractivity contribution is 0.309. The van der Waals surface area contributed by atoms with Gasteiger partial charge in [-0.2, -0.15) is 0 Å². The fourth-order valence-electron chi connectivity index (χ4n) is 2.55. The van der Waals surface area contributed by atoms with E-state index in [0.29, 0.717) is 6.04 Å². The Labute approximate surface area is 107 Å². The second-order valence-corrected chi connectivity index (χ2v) is 5.26. The lowest BCUT2D eigenvalue weighted by atomic mass is 9.82. The smallest absolute Gasteiger partial charge is 0.163 e. The molecule has 4 nitrogen and oxygen atoms in total. The van der Waals surface area contributed by atoms with Crippen LogP contribution in [0.5, 0.6) is 0 Å². The van der Waals surface area contributed by atoms with Crippen molar-refractivity contribution in [2.45, 2.75) is 25.8 Å². The Balaban J connectivity index is 1.79. The number of hydrogen-bond donors (Lipinski definition) is 1. The zero-order valence-corrected chi connectivity index (χ0v) is 10.8. The molecule has 0 amide bonds. The van der Waals surface area contributed by atoms with Gasteiger partial charge in [0, 0.05) is 24.3 Å². The molecule has 2 aromatic rings. The molecule has 0 atom stereocenters. The molecule has 1 aliphatic carbocycles. The molecule has 0 aliphatic heterocycles. The highest BCUT2D eigenvalue weighted by atomic mass is 15.2. The molecule has 1 N–H and O–H groups in total. The largest absolute Gasteiger partial charge is 0.382 e. The van der Waals surface area contributed by atoms with Crippen LogP contribution in [0.3, 0.4) is 0 Å². The van der Waals surface area contributed by atoms with E-state index in [1.165, 1.54) is 18.5 Å². The van der Waals surface area contributed by atoms with Crippen molar-refractivity contribution in [3.8, 4) is 11.4 Å². The molecule has 1 fully saturated rings. The highest BCUT2D eigenvalue weighted by Gasteiger charge is 2.24. The Bertz CT molecular complexity index is 540. The lowest BCUT2D eigenvalue weighted by Crippen LogP contribution is -2.33. The van der Waals surface area contributed by atoms with E-state index < -0.39 is 0 Å². The summed E-state index contributed by atoms with van der Waals surface area (Å²) >= 11 is 0. The topological polar surface area (TPSA) is 42.7 Å². The molecule has 0 saturated heterocycles. The fraction of sp³-hybridized carbons (Fsp3) is 0.429. The van der Waals surface area contributed by atoms with Crippen LogP contribution in [0, 0.1) is 5.92 Å². The monoisotopic (exact) mass is 242 g/mol. The van der Waals surface area contributed by atoms with Crippen molar-refractivity contribution in [3.63, 3.8) is 0 Å². The number of benzene rings is 1. The summed E-state index contributed by atoms with van der Waals surface area (Å²) in [5, 5.41) is 11.6. The third-order valence-corrected chi connectivity index (χ3v) is 3.58. The normalized spacial score (nSPS) is 22.6. The van der Waals surface area contributed by atoms with Gasteiger partial charge in [0.1, 0.15) is 6.33 Å². The third kappa shape index (κ3) is 2.10. The van der Waals surface area contributed by atoms with Crippen LogP contribution in [0.1, 0.15) is 19.8 Å². The Morgan fingerprint density at radius 2 is 2.17 bits per heavy atom. The van der Waals surface area contributed by atoms with Gasteiger partial charge in [-0.05, 0) is 30.9 Å². The summed E-state index contributed by atoms with van der Waals surface area (Å²) in [6.45, 7) is 2.30. The van der Waals surface area contributed by atoms with Crippen molar-refractivity contribution in [2.75, 3.05) is 5.32 Å². The summed E-state index contributed by atoms with van der Waals surface area (Å²) in [5.41, 5.74) is 2.28. The van der Waals surface area contributed by atoms with Crippen LogP contribution in [0.4, 0.5) is 5.69 Å². The molecule has 0 radical (unpaired) electrons. The van der Waals surface area contributed by atoms with Gasteiger partial charge in [-0.15, -0.1) is 10.2 Å². The van der Waals surface area contributed by atoms with E-state index in [4.69, 9.17) is 0 Å². The van der Waals surface area contributed by atoms with Crippen LogP contribution >= 0.6 is 0 Å². The molecule has 1 aromatic carbocycles. The SMILES string of the molecule is CC1CC(Nc2cccc(-c3nncn3C)c2)C1. The quantitative estimate of drug-likeness (QED) is 0.899. The highest BCUT2D eigenvalue weighted by molar-refractivity contribution is 5.62. The zero-order chi connectivity index (χ0) is 12.5. The molecule has 1 heterocycles. The molecule has 94 valence electrons. The second-order valence-electron chi connectivity index (χ2n) is 5.26. The summed E-state index contributed by atoms with van der Waals surface area (Å²) < 4.78 is 1.94. The number of nitrogens with one attached hydrogen (secondary N) is 1. The van der Waals surface area contributed by atoms with Crippen molar-refractivity contribution in [3.05, 3.63) is 30.6 Å². The van der Waals surface area contributed by atoms with Gasteiger partial charge in [-0.25, -0.2) is 0 Å². The maximum atomic E-state index is 4.14. The molecule has 0 bridgehead atoms. The van der Waals surface area contributed by atoms with E-state index in [1.807, 2.05) is 11.6 Å². The maximum Gasteiger partial charge on any atom is 0.163 e. The van der Waals surface area contributed by atoms with Crippen LogP contribution in [0.2, 0.25) is 0 Å². The minimum absolute atomic E-state index is 0.634. The van der Waals surface area contributed by atoms with Gasteiger partial charge in [0.05, 0.1) is 0 Å². The van der Waals surface area contributed by atoms with Crippen molar-refractivity contribution in [2.24, 2.45) is 13.0 Å². The van der Waals surface area contributed by atoms with Gasteiger partial charge in [0.15, 0.2) is 5.82 Å². The Hall–Kier alpha value is -1.84. The standard InChI is InChI=1S/C14H18N4/c1-10-6-13(7-10)16-12-5-3-4-11(8-12)14-17-15-9-18(14)2/h3-5,8-10,13,16H,6-7H2,1-2H3.